The van der Waals surface area contributed by atoms with Crippen molar-refractivity contribution in [3.63, 3.8) is 0 Å². The van der Waals surface area contributed by atoms with Crippen molar-refractivity contribution in [3.8, 4) is 0 Å². The Labute approximate surface area is 140 Å². The number of amides is 3. The molecule has 23 heavy (non-hydrogen) atoms. The first-order chi connectivity index (χ1) is 10.9. The predicted octanol–water partition coefficient (Wildman–Crippen LogP) is 3.66. The lowest BCUT2D eigenvalue weighted by Gasteiger charge is -2.25. The molecule has 0 saturated heterocycles. The molecule has 1 atom stereocenters. The Balaban J connectivity index is 2.14. The van der Waals surface area contributed by atoms with Gasteiger partial charge in [0.2, 0.25) is 0 Å². The molecule has 0 aliphatic rings. The number of benzene rings is 2. The average molecular weight is 332 g/mol. The molecule has 120 valence electrons. The van der Waals surface area contributed by atoms with Crippen LogP contribution in [0.4, 0.5) is 10.5 Å². The second-order valence-electron chi connectivity index (χ2n) is 5.21. The number of primary amides is 1. The number of carbonyl (C=O) groups is 2. The summed E-state index contributed by atoms with van der Waals surface area (Å²) in [6.45, 7) is 1.94. The van der Waals surface area contributed by atoms with Gasteiger partial charge < -0.3 is 16.0 Å². The van der Waals surface area contributed by atoms with Gasteiger partial charge in [-0.1, -0.05) is 23.7 Å². The van der Waals surface area contributed by atoms with Gasteiger partial charge >= 0.3 is 6.03 Å². The second kappa shape index (κ2) is 7.15. The Morgan fingerprint density at radius 1 is 1.17 bits per heavy atom. The molecule has 2 aromatic rings. The number of nitrogens with zero attached hydrogens (tertiary/aromatic N) is 1. The fourth-order valence-electron chi connectivity index (χ4n) is 2.21. The van der Waals surface area contributed by atoms with Gasteiger partial charge in [0.15, 0.2) is 0 Å². The fraction of sp³-hybridized carbons (Fsp3) is 0.176. The zero-order valence-electron chi connectivity index (χ0n) is 12.9. The minimum Gasteiger partial charge on any atom is -0.351 e. The van der Waals surface area contributed by atoms with E-state index in [1.165, 1.54) is 0 Å². The van der Waals surface area contributed by atoms with Gasteiger partial charge in [0, 0.05) is 23.3 Å². The van der Waals surface area contributed by atoms with E-state index in [2.05, 4.69) is 5.32 Å². The number of anilines is 1. The van der Waals surface area contributed by atoms with Crippen LogP contribution >= 0.6 is 11.6 Å². The van der Waals surface area contributed by atoms with Gasteiger partial charge in [-0.2, -0.15) is 0 Å². The standard InChI is InChI=1S/C17H18ClN3O2/c1-11(13-4-3-5-14(18)10-13)21(2)16(22)12-6-8-15(9-7-12)20-17(19)23/h3-11H,1-2H3,(H3,19,20,23). The van der Waals surface area contributed by atoms with Gasteiger partial charge in [0.25, 0.3) is 5.91 Å². The van der Waals surface area contributed by atoms with E-state index in [4.69, 9.17) is 17.3 Å². The summed E-state index contributed by atoms with van der Waals surface area (Å²) >= 11 is 6.00. The van der Waals surface area contributed by atoms with Crippen LogP contribution in [0.25, 0.3) is 0 Å². The van der Waals surface area contributed by atoms with Crippen LogP contribution in [0, 0.1) is 0 Å². The van der Waals surface area contributed by atoms with E-state index in [1.54, 1.807) is 42.3 Å². The first-order valence-corrected chi connectivity index (χ1v) is 7.45. The number of halogens is 1. The lowest BCUT2D eigenvalue weighted by molar-refractivity contribution is 0.0742. The molecule has 0 saturated carbocycles. The molecule has 0 heterocycles. The monoisotopic (exact) mass is 331 g/mol. The lowest BCUT2D eigenvalue weighted by atomic mass is 10.1. The maximum Gasteiger partial charge on any atom is 0.316 e. The topological polar surface area (TPSA) is 75.4 Å². The van der Waals surface area contributed by atoms with Crippen LogP contribution in [0.2, 0.25) is 5.02 Å². The fourth-order valence-corrected chi connectivity index (χ4v) is 2.41. The Morgan fingerprint density at radius 2 is 1.83 bits per heavy atom. The van der Waals surface area contributed by atoms with Crippen molar-refractivity contribution in [2.75, 3.05) is 12.4 Å². The number of hydrogen-bond acceptors (Lipinski definition) is 2. The number of nitrogens with one attached hydrogen (secondary N) is 1. The maximum absolute atomic E-state index is 12.6. The molecule has 0 bridgehead atoms. The van der Waals surface area contributed by atoms with Crippen LogP contribution in [0.15, 0.2) is 48.5 Å². The first-order valence-electron chi connectivity index (χ1n) is 7.07. The number of urea groups is 1. The molecule has 0 aliphatic heterocycles. The van der Waals surface area contributed by atoms with Crippen molar-refractivity contribution >= 4 is 29.2 Å². The SMILES string of the molecule is CC(c1cccc(Cl)c1)N(C)C(=O)c1ccc(NC(N)=O)cc1. The summed E-state index contributed by atoms with van der Waals surface area (Å²) in [4.78, 5) is 25.0. The molecular formula is C17H18ClN3O2. The molecule has 6 heteroatoms. The van der Waals surface area contributed by atoms with E-state index in [0.717, 1.165) is 5.56 Å². The van der Waals surface area contributed by atoms with Crippen LogP contribution < -0.4 is 11.1 Å². The number of hydrogen-bond donors (Lipinski definition) is 2. The molecule has 3 N–H and O–H groups in total. The third-order valence-corrected chi connectivity index (χ3v) is 3.87. The maximum atomic E-state index is 12.6. The highest BCUT2D eigenvalue weighted by atomic mass is 35.5. The molecule has 2 aromatic carbocycles. The molecule has 0 radical (unpaired) electrons. The molecule has 3 amide bonds. The van der Waals surface area contributed by atoms with Gasteiger partial charge in [0.1, 0.15) is 0 Å². The normalized spacial score (nSPS) is 11.6. The van der Waals surface area contributed by atoms with Crippen LogP contribution in [0.3, 0.4) is 0 Å². The van der Waals surface area contributed by atoms with Crippen molar-refractivity contribution in [2.24, 2.45) is 5.73 Å². The Hall–Kier alpha value is -2.53. The van der Waals surface area contributed by atoms with Gasteiger partial charge in [-0.25, -0.2) is 4.79 Å². The largest absolute Gasteiger partial charge is 0.351 e. The summed E-state index contributed by atoms with van der Waals surface area (Å²) in [6, 6.07) is 13.2. The lowest BCUT2D eigenvalue weighted by Crippen LogP contribution is -2.29. The zero-order chi connectivity index (χ0) is 17.0. The molecule has 1 unspecified atom stereocenters. The number of rotatable bonds is 4. The van der Waals surface area contributed by atoms with Gasteiger partial charge in [-0.05, 0) is 48.9 Å². The van der Waals surface area contributed by atoms with Crippen molar-refractivity contribution in [1.29, 1.82) is 0 Å². The van der Waals surface area contributed by atoms with Crippen LogP contribution in [-0.2, 0) is 0 Å². The zero-order valence-corrected chi connectivity index (χ0v) is 13.7. The van der Waals surface area contributed by atoms with Crippen LogP contribution in [-0.4, -0.2) is 23.9 Å². The molecule has 0 aromatic heterocycles. The van der Waals surface area contributed by atoms with Gasteiger partial charge in [-0.15, -0.1) is 0 Å². The van der Waals surface area contributed by atoms with Crippen molar-refractivity contribution in [3.05, 3.63) is 64.7 Å². The molecule has 0 fully saturated rings. The highest BCUT2D eigenvalue weighted by Gasteiger charge is 2.19. The van der Waals surface area contributed by atoms with Crippen LogP contribution in [0.5, 0.6) is 0 Å². The Bertz CT molecular complexity index is 716. The van der Waals surface area contributed by atoms with Crippen molar-refractivity contribution < 1.29 is 9.59 Å². The molecule has 2 rings (SSSR count). The summed E-state index contributed by atoms with van der Waals surface area (Å²) in [5, 5.41) is 3.09. The van der Waals surface area contributed by atoms with E-state index >= 15 is 0 Å². The van der Waals surface area contributed by atoms with Crippen LogP contribution in [0.1, 0.15) is 28.9 Å². The average Bonchev–Trinajstić information content (AvgIpc) is 2.53. The molecule has 0 spiro atoms. The summed E-state index contributed by atoms with van der Waals surface area (Å²) in [6.07, 6.45) is 0. The minimum atomic E-state index is -0.643. The Morgan fingerprint density at radius 3 is 2.39 bits per heavy atom. The summed E-state index contributed by atoms with van der Waals surface area (Å²) in [5.41, 5.74) is 7.08. The smallest absolute Gasteiger partial charge is 0.316 e. The minimum absolute atomic E-state index is 0.121. The Kier molecular flexibility index (Phi) is 5.24. The second-order valence-corrected chi connectivity index (χ2v) is 5.65. The predicted molar refractivity (Wildman–Crippen MR) is 91.6 cm³/mol. The van der Waals surface area contributed by atoms with Crippen molar-refractivity contribution in [2.45, 2.75) is 13.0 Å². The van der Waals surface area contributed by atoms with Crippen molar-refractivity contribution in [1.82, 2.24) is 4.90 Å². The van der Waals surface area contributed by atoms with E-state index in [9.17, 15) is 9.59 Å². The first kappa shape index (κ1) is 16.8. The molecular weight excluding hydrogens is 314 g/mol. The van der Waals surface area contributed by atoms with E-state index in [0.29, 0.717) is 16.3 Å². The van der Waals surface area contributed by atoms with E-state index < -0.39 is 6.03 Å². The quantitative estimate of drug-likeness (QED) is 0.897. The summed E-state index contributed by atoms with van der Waals surface area (Å²) in [5.74, 6) is -0.122. The molecule has 5 nitrogen and oxygen atoms in total. The highest BCUT2D eigenvalue weighted by molar-refractivity contribution is 6.30. The van der Waals surface area contributed by atoms with Gasteiger partial charge in [0.05, 0.1) is 6.04 Å². The third-order valence-electron chi connectivity index (χ3n) is 3.63. The summed E-state index contributed by atoms with van der Waals surface area (Å²) in [7, 11) is 1.74. The summed E-state index contributed by atoms with van der Waals surface area (Å²) < 4.78 is 0. The highest BCUT2D eigenvalue weighted by Crippen LogP contribution is 2.23. The molecule has 0 aliphatic carbocycles. The van der Waals surface area contributed by atoms with E-state index in [-0.39, 0.29) is 11.9 Å². The van der Waals surface area contributed by atoms with E-state index in [1.807, 2.05) is 25.1 Å². The third kappa shape index (κ3) is 4.23. The van der Waals surface area contributed by atoms with Gasteiger partial charge in [-0.3, -0.25) is 4.79 Å². The number of nitrogens with two attached hydrogens (primary N) is 1. The number of carbonyl (C=O) groups excluding carboxylic acids is 2.